The van der Waals surface area contributed by atoms with E-state index in [2.05, 4.69) is 36.5 Å². The summed E-state index contributed by atoms with van der Waals surface area (Å²) in [5.41, 5.74) is 2.08. The van der Waals surface area contributed by atoms with Crippen molar-refractivity contribution in [2.45, 2.75) is 133 Å². The molecule has 14 nitrogen and oxygen atoms in total. The van der Waals surface area contributed by atoms with Gasteiger partial charge in [-0.05, 0) is 92.2 Å². The molecule has 4 aliphatic heterocycles. The third-order valence-electron chi connectivity index (χ3n) is 12.4. The lowest BCUT2D eigenvalue weighted by molar-refractivity contribution is -0.362. The molecule has 3 N–H and O–H groups in total. The molecule has 10 atom stereocenters. The van der Waals surface area contributed by atoms with Gasteiger partial charge in [0.2, 0.25) is 12.5 Å². The number of benzene rings is 2. The van der Waals surface area contributed by atoms with Crippen molar-refractivity contribution in [3.05, 3.63) is 65.3 Å². The Hall–Kier alpha value is -4.12. The average Bonchev–Trinajstić information content (AvgIpc) is 3.90. The number of hydrogen-bond acceptors (Lipinski definition) is 14. The minimum Gasteiger partial charge on any atom is -0.502 e. The third kappa shape index (κ3) is 10.6. The maximum atomic E-state index is 13.8. The van der Waals surface area contributed by atoms with Gasteiger partial charge >= 0.3 is 5.97 Å². The molecule has 62 heavy (non-hydrogen) atoms. The van der Waals surface area contributed by atoms with Crippen molar-refractivity contribution >= 4 is 23.4 Å². The highest BCUT2D eigenvalue weighted by Crippen LogP contribution is 2.57. The van der Waals surface area contributed by atoms with Crippen LogP contribution in [0.15, 0.2) is 48.6 Å². The Morgan fingerprint density at radius 1 is 0.871 bits per heavy atom. The van der Waals surface area contributed by atoms with Crippen molar-refractivity contribution < 1.29 is 62.4 Å². The van der Waals surface area contributed by atoms with Crippen molar-refractivity contribution in [3.8, 4) is 28.7 Å². The summed E-state index contributed by atoms with van der Waals surface area (Å²) >= 11 is 5.68. The van der Waals surface area contributed by atoms with Crippen LogP contribution < -0.4 is 24.3 Å². The Morgan fingerprint density at radius 2 is 1.55 bits per heavy atom. The zero-order valence-corrected chi connectivity index (χ0v) is 37.1. The number of nitrogens with one attached hydrogen (secondary N) is 1. The summed E-state index contributed by atoms with van der Waals surface area (Å²) in [6.45, 7) is 4.82. The predicted molar refractivity (Wildman–Crippen MR) is 233 cm³/mol. The molecule has 15 heteroatoms. The van der Waals surface area contributed by atoms with E-state index in [4.69, 9.17) is 59.6 Å². The number of aliphatic hydroxyl groups is 1. The van der Waals surface area contributed by atoms with Crippen LogP contribution in [0, 0.1) is 11.8 Å². The van der Waals surface area contributed by atoms with Crippen LogP contribution in [0.1, 0.15) is 113 Å². The number of phenols is 1. The standard InChI is InChI=1S/C47H63NO13S/c1-5-6-7-8-9-10-11-12-13-14-15-16-17-18-19-20-48-47(62)61-44-41(50)43-37(26-54-28(2)58-43)59-46(44)60-42-31-24-34-33(56-27-57-34)23-30(31)38(39-32(42)25-55-45(39)51)29-21-35(52-3)40(49)36(22-29)53-4/h8-9,11-12,21-24,28,32,37-39,41-44,46,49-50H,5-7,10,13-20,25-27H2,1-4H3,(H,48,62)/b9-8-,12-11-/t28-,32+,37-,38-,39+,41+,42-,43-,44?,46+/m1/s1. The lowest BCUT2D eigenvalue weighted by Crippen LogP contribution is -2.64. The van der Waals surface area contributed by atoms with Gasteiger partial charge in [0, 0.05) is 18.4 Å². The van der Waals surface area contributed by atoms with Gasteiger partial charge in [0.05, 0.1) is 39.5 Å². The van der Waals surface area contributed by atoms with E-state index < -0.39 is 66.8 Å². The number of aliphatic hydroxyl groups excluding tert-OH is 1. The van der Waals surface area contributed by atoms with Crippen LogP contribution >= 0.6 is 12.2 Å². The molecule has 0 amide bonds. The summed E-state index contributed by atoms with van der Waals surface area (Å²) in [6.07, 6.45) is 15.3. The van der Waals surface area contributed by atoms with Crippen molar-refractivity contribution in [2.24, 2.45) is 11.8 Å². The third-order valence-corrected chi connectivity index (χ3v) is 12.6. The fraction of sp³-hybridized carbons (Fsp3) is 0.617. The van der Waals surface area contributed by atoms with Crippen LogP contribution in [0.3, 0.4) is 0 Å². The van der Waals surface area contributed by atoms with Gasteiger partial charge in [0.25, 0.3) is 5.17 Å². The molecule has 0 aromatic heterocycles. The Labute approximate surface area is 370 Å². The topological polar surface area (TPSA) is 162 Å². The first-order valence-corrected chi connectivity index (χ1v) is 22.7. The molecule has 3 fully saturated rings. The number of hydrogen-bond donors (Lipinski definition) is 3. The Bertz CT molecular complexity index is 1860. The van der Waals surface area contributed by atoms with Gasteiger partial charge in [-0.1, -0.05) is 69.8 Å². The molecule has 340 valence electrons. The SMILES string of the molecule is CCCC/C=C\C/C=C\CCCCCCCCNC(=S)OC1[C@H](O[C@@H]2c3cc4c(cc3[C@@H](c3cc(OC)c(O)c(OC)c3)[C@H]3C(=O)OC[C@@H]32)OCO4)O[C@@H]2CO[C@@H](C)O[C@H]2[C@@H]1O. The molecule has 7 rings (SSSR count). The highest BCUT2D eigenvalue weighted by molar-refractivity contribution is 7.80. The maximum absolute atomic E-state index is 13.8. The average molecular weight is 882 g/mol. The van der Waals surface area contributed by atoms with Gasteiger partial charge < -0.3 is 62.9 Å². The summed E-state index contributed by atoms with van der Waals surface area (Å²) < 4.78 is 60.0. The second-order valence-electron chi connectivity index (χ2n) is 16.5. The lowest BCUT2D eigenvalue weighted by atomic mass is 9.66. The molecule has 0 saturated carbocycles. The largest absolute Gasteiger partial charge is 0.502 e. The number of rotatable bonds is 20. The molecule has 1 aliphatic carbocycles. The van der Waals surface area contributed by atoms with E-state index in [9.17, 15) is 15.0 Å². The summed E-state index contributed by atoms with van der Waals surface area (Å²) in [6, 6.07) is 7.09. The molecule has 0 radical (unpaired) electrons. The zero-order valence-electron chi connectivity index (χ0n) is 36.3. The molecule has 1 unspecified atom stereocenters. The van der Waals surface area contributed by atoms with Crippen LogP contribution in [0.2, 0.25) is 0 Å². The van der Waals surface area contributed by atoms with Crippen molar-refractivity contribution in [3.63, 3.8) is 0 Å². The van der Waals surface area contributed by atoms with E-state index in [1.165, 1.54) is 52.7 Å². The normalized spacial score (nSPS) is 28.6. The van der Waals surface area contributed by atoms with Gasteiger partial charge in [-0.2, -0.15) is 0 Å². The highest BCUT2D eigenvalue weighted by atomic mass is 32.1. The molecular weight excluding hydrogens is 819 g/mol. The van der Waals surface area contributed by atoms with E-state index in [0.29, 0.717) is 34.7 Å². The Morgan fingerprint density at radius 3 is 2.26 bits per heavy atom. The van der Waals surface area contributed by atoms with Gasteiger partial charge in [-0.15, -0.1) is 0 Å². The lowest BCUT2D eigenvalue weighted by Gasteiger charge is -2.48. The fourth-order valence-corrected chi connectivity index (χ4v) is 9.34. The van der Waals surface area contributed by atoms with Gasteiger partial charge in [-0.3, -0.25) is 4.79 Å². The second kappa shape index (κ2) is 22.0. The van der Waals surface area contributed by atoms with E-state index in [1.54, 1.807) is 19.1 Å². The van der Waals surface area contributed by atoms with Crippen LogP contribution in [-0.4, -0.2) is 99.1 Å². The number of fused-ring (bicyclic) bond motifs is 4. The molecule has 0 spiro atoms. The van der Waals surface area contributed by atoms with Gasteiger partial charge in [0.1, 0.15) is 18.3 Å². The summed E-state index contributed by atoms with van der Waals surface area (Å²) in [7, 11) is 2.90. The molecule has 2 aromatic carbocycles. The van der Waals surface area contributed by atoms with Gasteiger partial charge in [0.15, 0.2) is 41.7 Å². The first-order valence-electron chi connectivity index (χ1n) is 22.3. The highest BCUT2D eigenvalue weighted by Gasteiger charge is 2.57. The molecule has 3 saturated heterocycles. The summed E-state index contributed by atoms with van der Waals surface area (Å²) in [5.74, 6) is -1.01. The number of ether oxygens (including phenoxy) is 10. The number of carbonyl (C=O) groups excluding carboxylic acids is 1. The number of phenolic OH excluding ortho intramolecular Hbond substituents is 1. The van der Waals surface area contributed by atoms with E-state index in [-0.39, 0.29) is 42.4 Å². The van der Waals surface area contributed by atoms with Crippen LogP contribution in [0.5, 0.6) is 28.7 Å². The molecular formula is C47H63NO13S. The second-order valence-corrected chi connectivity index (χ2v) is 16.9. The molecule has 0 bridgehead atoms. The quantitative estimate of drug-likeness (QED) is 0.0514. The Kier molecular flexibility index (Phi) is 16.3. The van der Waals surface area contributed by atoms with Crippen molar-refractivity contribution in [1.29, 1.82) is 0 Å². The summed E-state index contributed by atoms with van der Waals surface area (Å²) in [4.78, 5) is 13.8. The molecule has 5 aliphatic rings. The number of allylic oxidation sites excluding steroid dienone is 4. The van der Waals surface area contributed by atoms with Crippen LogP contribution in [0.4, 0.5) is 0 Å². The Balaban J connectivity index is 1.03. The summed E-state index contributed by atoms with van der Waals surface area (Å²) in [5, 5.41) is 26.0. The maximum Gasteiger partial charge on any atom is 0.310 e. The zero-order chi connectivity index (χ0) is 43.6. The number of methoxy groups -OCH3 is 2. The first kappa shape index (κ1) is 45.9. The van der Waals surface area contributed by atoms with Crippen molar-refractivity contribution in [2.75, 3.05) is 40.8 Å². The predicted octanol–water partition coefficient (Wildman–Crippen LogP) is 7.66. The number of unbranched alkanes of at least 4 members (excludes halogenated alkanes) is 8. The molecule has 4 heterocycles. The van der Waals surface area contributed by atoms with Crippen LogP contribution in [-0.2, 0) is 33.2 Å². The first-order chi connectivity index (χ1) is 30.2. The molecule has 2 aromatic rings. The van der Waals surface area contributed by atoms with Crippen LogP contribution in [0.25, 0.3) is 0 Å². The fourth-order valence-electron chi connectivity index (χ4n) is 9.13. The number of carbonyl (C=O) groups is 1. The van der Waals surface area contributed by atoms with Gasteiger partial charge in [-0.25, -0.2) is 0 Å². The van der Waals surface area contributed by atoms with Crippen molar-refractivity contribution in [1.82, 2.24) is 5.32 Å². The number of aromatic hydroxyl groups is 1. The number of esters is 1. The van der Waals surface area contributed by atoms with E-state index >= 15 is 0 Å². The smallest absolute Gasteiger partial charge is 0.310 e. The van der Waals surface area contributed by atoms with E-state index in [1.807, 2.05) is 12.1 Å². The minimum atomic E-state index is -1.20. The number of thiocarbonyl (C=S) groups is 1. The monoisotopic (exact) mass is 881 g/mol. The minimum absolute atomic E-state index is 0.0273. The van der Waals surface area contributed by atoms with E-state index in [0.717, 1.165) is 32.1 Å². The number of cyclic esters (lactones) is 1.